The van der Waals surface area contributed by atoms with Crippen molar-refractivity contribution in [3.63, 3.8) is 0 Å². The highest BCUT2D eigenvalue weighted by molar-refractivity contribution is 6.04. The molecule has 1 amide bonds. The lowest BCUT2D eigenvalue weighted by molar-refractivity contribution is -0.137. The van der Waals surface area contributed by atoms with E-state index >= 15 is 0 Å². The molecule has 0 aromatic heterocycles. The van der Waals surface area contributed by atoms with Crippen molar-refractivity contribution in [1.82, 2.24) is 9.80 Å². The zero-order chi connectivity index (χ0) is 23.6. The molecule has 7 nitrogen and oxygen atoms in total. The van der Waals surface area contributed by atoms with E-state index in [1.54, 1.807) is 23.1 Å². The summed E-state index contributed by atoms with van der Waals surface area (Å²) in [5, 5.41) is 0. The highest BCUT2D eigenvalue weighted by Gasteiger charge is 2.33. The second-order valence-electron chi connectivity index (χ2n) is 7.73. The molecule has 2 aromatic carbocycles. The van der Waals surface area contributed by atoms with Crippen molar-refractivity contribution in [3.8, 4) is 17.2 Å². The quantitative estimate of drug-likeness (QED) is 0.687. The molecule has 2 heterocycles. The lowest BCUT2D eigenvalue weighted by Crippen LogP contribution is -2.38. The lowest BCUT2D eigenvalue weighted by Gasteiger charge is -2.25. The van der Waals surface area contributed by atoms with Gasteiger partial charge in [-0.15, -0.1) is 0 Å². The van der Waals surface area contributed by atoms with Gasteiger partial charge < -0.3 is 24.0 Å². The molecule has 176 valence electrons. The molecule has 33 heavy (non-hydrogen) atoms. The Morgan fingerprint density at radius 2 is 1.88 bits per heavy atom. The van der Waals surface area contributed by atoms with Crippen LogP contribution in [0.15, 0.2) is 41.4 Å². The molecule has 2 aliphatic heterocycles. The standard InChI is InChI=1S/C23H24F3N3O4/c1-31-14-21(30)28-8-3-9-29(11-10-28)22-17-6-5-16(32-2)13-20(17)33-19-7-4-15(23(24,25)26)12-18(19)27-22/h4-7,12-13H,3,8-11,14H2,1-2H3. The van der Waals surface area contributed by atoms with E-state index in [9.17, 15) is 18.0 Å². The molecular weight excluding hydrogens is 439 g/mol. The van der Waals surface area contributed by atoms with Gasteiger partial charge in [-0.05, 0) is 36.8 Å². The number of rotatable bonds is 3. The third-order valence-electron chi connectivity index (χ3n) is 5.58. The van der Waals surface area contributed by atoms with Gasteiger partial charge in [-0.25, -0.2) is 4.99 Å². The number of hydrogen-bond acceptors (Lipinski definition) is 6. The van der Waals surface area contributed by atoms with Gasteiger partial charge in [0.15, 0.2) is 5.75 Å². The summed E-state index contributed by atoms with van der Waals surface area (Å²) in [7, 11) is 3.00. The van der Waals surface area contributed by atoms with E-state index in [4.69, 9.17) is 14.2 Å². The smallest absolute Gasteiger partial charge is 0.416 e. The number of benzene rings is 2. The summed E-state index contributed by atoms with van der Waals surface area (Å²) in [4.78, 5) is 20.6. The molecule has 0 bridgehead atoms. The third kappa shape index (κ3) is 4.90. The minimum Gasteiger partial charge on any atom is -0.497 e. The summed E-state index contributed by atoms with van der Waals surface area (Å²) in [6.45, 7) is 2.06. The minimum absolute atomic E-state index is 0.00497. The van der Waals surface area contributed by atoms with Crippen molar-refractivity contribution in [2.75, 3.05) is 47.0 Å². The van der Waals surface area contributed by atoms with Crippen molar-refractivity contribution in [2.24, 2.45) is 4.99 Å². The average Bonchev–Trinajstić information content (AvgIpc) is 3.12. The van der Waals surface area contributed by atoms with Crippen molar-refractivity contribution < 1.29 is 32.2 Å². The van der Waals surface area contributed by atoms with Gasteiger partial charge in [0.05, 0.1) is 18.2 Å². The van der Waals surface area contributed by atoms with Gasteiger partial charge in [-0.1, -0.05) is 0 Å². The predicted octanol–water partition coefficient (Wildman–Crippen LogP) is 4.08. The Morgan fingerprint density at radius 1 is 1.06 bits per heavy atom. The number of halogens is 3. The fourth-order valence-corrected chi connectivity index (χ4v) is 3.89. The topological polar surface area (TPSA) is 63.6 Å². The number of ether oxygens (including phenoxy) is 3. The monoisotopic (exact) mass is 463 g/mol. The van der Waals surface area contributed by atoms with Crippen molar-refractivity contribution >= 4 is 17.4 Å². The molecule has 0 unspecified atom stereocenters. The van der Waals surface area contributed by atoms with Gasteiger partial charge in [0.25, 0.3) is 0 Å². The van der Waals surface area contributed by atoms with Crippen LogP contribution in [0.2, 0.25) is 0 Å². The Labute approximate surface area is 189 Å². The maximum atomic E-state index is 13.3. The fraction of sp³-hybridized carbons (Fsp3) is 0.391. The molecule has 1 fully saturated rings. The van der Waals surface area contributed by atoms with Gasteiger partial charge in [-0.3, -0.25) is 4.79 Å². The summed E-state index contributed by atoms with van der Waals surface area (Å²) in [6, 6.07) is 8.46. The summed E-state index contributed by atoms with van der Waals surface area (Å²) >= 11 is 0. The number of methoxy groups -OCH3 is 2. The van der Waals surface area contributed by atoms with E-state index in [-0.39, 0.29) is 24.0 Å². The van der Waals surface area contributed by atoms with Crippen LogP contribution < -0.4 is 9.47 Å². The molecule has 2 aliphatic rings. The van der Waals surface area contributed by atoms with Gasteiger partial charge in [-0.2, -0.15) is 13.2 Å². The zero-order valence-electron chi connectivity index (χ0n) is 18.3. The fourth-order valence-electron chi connectivity index (χ4n) is 3.89. The highest BCUT2D eigenvalue weighted by Crippen LogP contribution is 2.42. The highest BCUT2D eigenvalue weighted by atomic mass is 19.4. The number of alkyl halides is 3. The number of carbonyl (C=O) groups is 1. The Balaban J connectivity index is 1.75. The van der Waals surface area contributed by atoms with Crippen molar-refractivity contribution in [3.05, 3.63) is 47.5 Å². The van der Waals surface area contributed by atoms with Crippen LogP contribution in [-0.4, -0.2) is 68.5 Å². The van der Waals surface area contributed by atoms with Crippen molar-refractivity contribution in [1.29, 1.82) is 0 Å². The van der Waals surface area contributed by atoms with Crippen LogP contribution in [0.5, 0.6) is 17.2 Å². The molecular formula is C23H24F3N3O4. The van der Waals surface area contributed by atoms with Gasteiger partial charge in [0.2, 0.25) is 5.91 Å². The molecule has 0 atom stereocenters. The van der Waals surface area contributed by atoms with Crippen LogP contribution in [0.4, 0.5) is 18.9 Å². The largest absolute Gasteiger partial charge is 0.497 e. The molecule has 10 heteroatoms. The Kier molecular flexibility index (Phi) is 6.46. The first-order valence-corrected chi connectivity index (χ1v) is 10.5. The number of nitrogens with zero attached hydrogens (tertiary/aromatic N) is 3. The Hall–Kier alpha value is -3.27. The van der Waals surface area contributed by atoms with E-state index in [2.05, 4.69) is 4.99 Å². The maximum Gasteiger partial charge on any atom is 0.416 e. The summed E-state index contributed by atoms with van der Waals surface area (Å²) in [6.07, 6.45) is -3.83. The van der Waals surface area contributed by atoms with Gasteiger partial charge in [0.1, 0.15) is 29.6 Å². The Bertz CT molecular complexity index is 1070. The second kappa shape index (κ2) is 9.30. The molecule has 0 aliphatic carbocycles. The van der Waals surface area contributed by atoms with Crippen molar-refractivity contribution in [2.45, 2.75) is 12.6 Å². The van der Waals surface area contributed by atoms with E-state index in [0.717, 1.165) is 12.1 Å². The first kappa shape index (κ1) is 22.9. The molecule has 0 N–H and O–H groups in total. The summed E-state index contributed by atoms with van der Waals surface area (Å²) in [5.74, 6) is 1.60. The number of amidine groups is 1. The minimum atomic E-state index is -4.50. The number of hydrogen-bond donors (Lipinski definition) is 0. The van der Waals surface area contributed by atoms with E-state index in [0.29, 0.717) is 55.5 Å². The second-order valence-corrected chi connectivity index (χ2v) is 7.73. The molecule has 0 saturated carbocycles. The lowest BCUT2D eigenvalue weighted by atomic mass is 10.1. The zero-order valence-corrected chi connectivity index (χ0v) is 18.3. The van der Waals surface area contributed by atoms with Crippen LogP contribution in [0.3, 0.4) is 0 Å². The van der Waals surface area contributed by atoms with E-state index < -0.39 is 11.7 Å². The number of fused-ring (bicyclic) bond motifs is 2. The number of aliphatic imine (C=N–C) groups is 1. The summed E-state index contributed by atoms with van der Waals surface area (Å²) < 4.78 is 56.3. The van der Waals surface area contributed by atoms with E-state index in [1.807, 2.05) is 4.90 Å². The van der Waals surface area contributed by atoms with E-state index in [1.165, 1.54) is 20.3 Å². The molecule has 1 saturated heterocycles. The number of carbonyl (C=O) groups excluding carboxylic acids is 1. The van der Waals surface area contributed by atoms with Crippen LogP contribution in [0, 0.1) is 0 Å². The van der Waals surface area contributed by atoms with Crippen LogP contribution in [0.1, 0.15) is 17.5 Å². The van der Waals surface area contributed by atoms with Crippen LogP contribution in [0.25, 0.3) is 0 Å². The SMILES string of the molecule is COCC(=O)N1CCCN(C2=Nc3cc(C(F)(F)F)ccc3Oc3cc(OC)ccc32)CC1. The average molecular weight is 463 g/mol. The first-order chi connectivity index (χ1) is 15.8. The van der Waals surface area contributed by atoms with Gasteiger partial charge >= 0.3 is 6.18 Å². The maximum absolute atomic E-state index is 13.3. The molecule has 2 aromatic rings. The third-order valence-corrected chi connectivity index (χ3v) is 5.58. The van der Waals surface area contributed by atoms with Crippen LogP contribution in [-0.2, 0) is 15.7 Å². The first-order valence-electron chi connectivity index (χ1n) is 10.5. The number of amides is 1. The Morgan fingerprint density at radius 3 is 2.61 bits per heavy atom. The van der Waals surface area contributed by atoms with Crippen LogP contribution >= 0.6 is 0 Å². The molecule has 0 radical (unpaired) electrons. The molecule has 4 rings (SSSR count). The normalized spacial score (nSPS) is 16.1. The predicted molar refractivity (Wildman–Crippen MR) is 115 cm³/mol. The van der Waals surface area contributed by atoms with Gasteiger partial charge in [0, 0.05) is 39.4 Å². The molecule has 0 spiro atoms. The summed E-state index contributed by atoms with van der Waals surface area (Å²) in [5.41, 5.74) is -0.0764.